The van der Waals surface area contributed by atoms with Crippen molar-refractivity contribution in [3.63, 3.8) is 0 Å². The van der Waals surface area contributed by atoms with E-state index < -0.39 is 0 Å². The maximum atomic E-state index is 10.9. The maximum absolute atomic E-state index is 10.9. The molecule has 8 heteroatoms. The Hall–Kier alpha value is -3.16. The van der Waals surface area contributed by atoms with Crippen molar-refractivity contribution in [2.45, 2.75) is 6.92 Å². The summed E-state index contributed by atoms with van der Waals surface area (Å²) < 4.78 is 4.50. The second-order valence-corrected chi connectivity index (χ2v) is 4.47. The van der Waals surface area contributed by atoms with Crippen molar-refractivity contribution in [1.29, 1.82) is 0 Å². The minimum atomic E-state index is -0.343. The zero-order valence-corrected chi connectivity index (χ0v) is 12.9. The number of benzene rings is 1. The highest BCUT2D eigenvalue weighted by molar-refractivity contribution is 5.89. The molecule has 0 saturated heterocycles. The van der Waals surface area contributed by atoms with Crippen LogP contribution in [0.25, 0.3) is 11.2 Å². The van der Waals surface area contributed by atoms with E-state index in [1.807, 2.05) is 6.92 Å². The molecule has 0 fully saturated rings. The second-order valence-electron chi connectivity index (χ2n) is 4.47. The van der Waals surface area contributed by atoms with Gasteiger partial charge >= 0.3 is 5.97 Å². The quantitative estimate of drug-likeness (QED) is 0.498. The van der Waals surface area contributed by atoms with E-state index in [-0.39, 0.29) is 5.97 Å². The van der Waals surface area contributed by atoms with Gasteiger partial charge in [0.2, 0.25) is 0 Å². The number of aromatic nitrogens is 4. The van der Waals surface area contributed by atoms with Crippen molar-refractivity contribution >= 4 is 28.6 Å². The number of ether oxygens (including phenoxy) is 1. The summed E-state index contributed by atoms with van der Waals surface area (Å²) in [5.41, 5.74) is 8.12. The largest absolute Gasteiger partial charge is 0.465 e. The van der Waals surface area contributed by atoms with Gasteiger partial charge in [-0.25, -0.2) is 19.7 Å². The Morgan fingerprint density at radius 1 is 1.26 bits per heavy atom. The summed E-state index contributed by atoms with van der Waals surface area (Å²) in [6.45, 7) is 2.86. The van der Waals surface area contributed by atoms with Gasteiger partial charge < -0.3 is 20.8 Å². The van der Waals surface area contributed by atoms with Gasteiger partial charge in [0.15, 0.2) is 11.5 Å². The maximum Gasteiger partial charge on any atom is 0.337 e. The number of H-pyrrole nitrogens is 1. The number of nitrogens with zero attached hydrogens (tertiary/aromatic N) is 3. The first-order valence-electron chi connectivity index (χ1n) is 6.97. The second kappa shape index (κ2) is 7.74. The predicted octanol–water partition coefficient (Wildman–Crippen LogP) is 1.84. The number of nitrogens with two attached hydrogens (primary N) is 1. The average Bonchev–Trinajstić information content (AvgIpc) is 3.05. The average molecular weight is 314 g/mol. The summed E-state index contributed by atoms with van der Waals surface area (Å²) >= 11 is 0. The Morgan fingerprint density at radius 3 is 2.65 bits per heavy atom. The van der Waals surface area contributed by atoms with E-state index in [9.17, 15) is 4.79 Å². The molecule has 0 aliphatic heterocycles. The normalized spacial score (nSPS) is 9.83. The molecule has 0 spiro atoms. The van der Waals surface area contributed by atoms with Gasteiger partial charge in [-0.15, -0.1) is 0 Å². The molecule has 2 heterocycles. The lowest BCUT2D eigenvalue weighted by atomic mass is 10.2. The molecule has 0 aliphatic rings. The lowest BCUT2D eigenvalue weighted by Crippen LogP contribution is -2.00. The van der Waals surface area contributed by atoms with Gasteiger partial charge in [-0.05, 0) is 31.2 Å². The molecule has 0 aliphatic carbocycles. The fourth-order valence-electron chi connectivity index (χ4n) is 1.80. The molecule has 0 atom stereocenters. The molecule has 0 bridgehead atoms. The van der Waals surface area contributed by atoms with Crippen LogP contribution in [-0.2, 0) is 4.74 Å². The molecule has 1 aromatic carbocycles. The summed E-state index contributed by atoms with van der Waals surface area (Å²) in [6, 6.07) is 6.57. The number of imidazole rings is 1. The first kappa shape index (κ1) is 16.2. The molecular formula is C15H18N6O2. The van der Waals surface area contributed by atoms with Gasteiger partial charge in [0, 0.05) is 12.2 Å². The van der Waals surface area contributed by atoms with Gasteiger partial charge in [0.05, 0.1) is 19.0 Å². The zero-order valence-electron chi connectivity index (χ0n) is 12.9. The number of anilines is 2. The number of hydrogen-bond acceptors (Lipinski definition) is 7. The van der Waals surface area contributed by atoms with Crippen molar-refractivity contribution < 1.29 is 9.53 Å². The van der Waals surface area contributed by atoms with Gasteiger partial charge in [-0.3, -0.25) is 0 Å². The van der Waals surface area contributed by atoms with E-state index >= 15 is 0 Å². The molecular weight excluding hydrogens is 296 g/mol. The summed E-state index contributed by atoms with van der Waals surface area (Å²) in [5.74, 6) is 0.463. The lowest BCUT2D eigenvalue weighted by Gasteiger charge is -2.00. The number of carbonyl (C=O) groups excluding carboxylic acids is 1. The van der Waals surface area contributed by atoms with Gasteiger partial charge in [0.1, 0.15) is 11.8 Å². The Kier molecular flexibility index (Phi) is 5.45. The molecule has 23 heavy (non-hydrogen) atoms. The van der Waals surface area contributed by atoms with Crippen LogP contribution in [0.15, 0.2) is 36.9 Å². The fourth-order valence-corrected chi connectivity index (χ4v) is 1.80. The fraction of sp³-hybridized carbons (Fsp3) is 0.200. The SMILES string of the molecule is CCNc1ncnc2nc[nH]c12.COC(=O)c1ccc(N)cc1. The molecule has 3 rings (SSSR count). The van der Waals surface area contributed by atoms with Crippen molar-refractivity contribution in [2.24, 2.45) is 0 Å². The standard InChI is InChI=1S/C8H9NO2.C7H9N5/c1-11-8(10)6-2-4-7(9)5-3-6;1-2-8-6-5-7(10-3-9-5)12-4-11-6/h2-5H,9H2,1H3;3-4H,2H2,1H3,(H2,8,9,10,11,12). The van der Waals surface area contributed by atoms with E-state index in [1.54, 1.807) is 30.6 Å². The molecule has 3 aromatic rings. The third-order valence-electron chi connectivity index (χ3n) is 2.90. The summed E-state index contributed by atoms with van der Waals surface area (Å²) in [5, 5.41) is 3.11. The molecule has 4 N–H and O–H groups in total. The van der Waals surface area contributed by atoms with E-state index in [0.717, 1.165) is 17.9 Å². The van der Waals surface area contributed by atoms with E-state index in [4.69, 9.17) is 5.73 Å². The highest BCUT2D eigenvalue weighted by atomic mass is 16.5. The van der Waals surface area contributed by atoms with E-state index in [1.165, 1.54) is 13.4 Å². The van der Waals surface area contributed by atoms with Crippen LogP contribution >= 0.6 is 0 Å². The van der Waals surface area contributed by atoms with Crippen LogP contribution < -0.4 is 11.1 Å². The summed E-state index contributed by atoms with van der Waals surface area (Å²) in [4.78, 5) is 25.9. The zero-order chi connectivity index (χ0) is 16.7. The molecule has 2 aromatic heterocycles. The number of nitrogens with one attached hydrogen (secondary N) is 2. The topological polar surface area (TPSA) is 119 Å². The molecule has 120 valence electrons. The van der Waals surface area contributed by atoms with Crippen LogP contribution in [0.5, 0.6) is 0 Å². The predicted molar refractivity (Wildman–Crippen MR) is 88.0 cm³/mol. The Morgan fingerprint density at radius 2 is 2.00 bits per heavy atom. The minimum Gasteiger partial charge on any atom is -0.465 e. The van der Waals surface area contributed by atoms with Crippen LogP contribution in [-0.4, -0.2) is 39.6 Å². The van der Waals surface area contributed by atoms with Crippen molar-refractivity contribution in [3.8, 4) is 0 Å². The van der Waals surface area contributed by atoms with Crippen molar-refractivity contribution in [3.05, 3.63) is 42.5 Å². The van der Waals surface area contributed by atoms with E-state index in [2.05, 4.69) is 30.0 Å². The smallest absolute Gasteiger partial charge is 0.337 e. The third-order valence-corrected chi connectivity index (χ3v) is 2.90. The number of nitrogen functional groups attached to an aromatic ring is 1. The number of aromatic amines is 1. The molecule has 0 saturated carbocycles. The lowest BCUT2D eigenvalue weighted by molar-refractivity contribution is 0.0601. The van der Waals surface area contributed by atoms with Crippen LogP contribution in [0.4, 0.5) is 11.5 Å². The first-order valence-corrected chi connectivity index (χ1v) is 6.97. The molecule has 0 amide bonds. The Balaban J connectivity index is 0.000000168. The minimum absolute atomic E-state index is 0.343. The van der Waals surface area contributed by atoms with Crippen molar-refractivity contribution in [1.82, 2.24) is 19.9 Å². The third kappa shape index (κ3) is 4.16. The van der Waals surface area contributed by atoms with Crippen molar-refractivity contribution in [2.75, 3.05) is 24.7 Å². The number of carbonyl (C=O) groups is 1. The summed E-state index contributed by atoms with van der Waals surface area (Å²) in [7, 11) is 1.35. The number of fused-ring (bicyclic) bond motifs is 1. The highest BCUT2D eigenvalue weighted by Gasteiger charge is 2.03. The first-order chi connectivity index (χ1) is 11.2. The van der Waals surface area contributed by atoms with Crippen LogP contribution in [0.3, 0.4) is 0 Å². The Labute approximate surface area is 133 Å². The van der Waals surface area contributed by atoms with Gasteiger partial charge in [-0.2, -0.15) is 0 Å². The van der Waals surface area contributed by atoms with E-state index in [0.29, 0.717) is 16.9 Å². The van der Waals surface area contributed by atoms with Crippen LogP contribution in [0, 0.1) is 0 Å². The van der Waals surface area contributed by atoms with Gasteiger partial charge in [-0.1, -0.05) is 0 Å². The van der Waals surface area contributed by atoms with Crippen LogP contribution in [0.1, 0.15) is 17.3 Å². The Bertz CT molecular complexity index is 769. The highest BCUT2D eigenvalue weighted by Crippen LogP contribution is 2.13. The number of methoxy groups -OCH3 is 1. The van der Waals surface area contributed by atoms with Crippen LogP contribution in [0.2, 0.25) is 0 Å². The molecule has 8 nitrogen and oxygen atoms in total. The monoisotopic (exact) mass is 314 g/mol. The number of esters is 1. The number of rotatable bonds is 3. The number of hydrogen-bond donors (Lipinski definition) is 3. The molecule has 0 radical (unpaired) electrons. The summed E-state index contributed by atoms with van der Waals surface area (Å²) in [6.07, 6.45) is 3.11. The van der Waals surface area contributed by atoms with Gasteiger partial charge in [0.25, 0.3) is 0 Å². The molecule has 0 unspecified atom stereocenters.